The van der Waals surface area contributed by atoms with Gasteiger partial charge in [0, 0.05) is 18.1 Å². The number of sulfonamides is 1. The van der Waals surface area contributed by atoms with Gasteiger partial charge in [-0.2, -0.15) is 0 Å². The number of primary sulfonamides is 1. The van der Waals surface area contributed by atoms with Gasteiger partial charge in [0.1, 0.15) is 5.82 Å². The second kappa shape index (κ2) is 4.48. The van der Waals surface area contributed by atoms with Crippen molar-refractivity contribution in [3.63, 3.8) is 0 Å². The molecule has 1 aromatic carbocycles. The molecule has 1 aromatic heterocycles. The molecule has 17 heavy (non-hydrogen) atoms. The Kier molecular flexibility index (Phi) is 3.03. The first-order valence-electron chi connectivity index (χ1n) is 4.71. The highest BCUT2D eigenvalue weighted by Crippen LogP contribution is 2.17. The summed E-state index contributed by atoms with van der Waals surface area (Å²) in [5, 5.41) is 7.96. The van der Waals surface area contributed by atoms with Crippen LogP contribution in [0.5, 0.6) is 0 Å². The fourth-order valence-corrected chi connectivity index (χ4v) is 1.82. The maximum absolute atomic E-state index is 11.2. The van der Waals surface area contributed by atoms with Crippen molar-refractivity contribution < 1.29 is 8.42 Å². The predicted molar refractivity (Wildman–Crippen MR) is 63.1 cm³/mol. The molecule has 0 bridgehead atoms. The Labute approximate surface area is 98.6 Å². The molecular formula is C10H10N4O2S. The Morgan fingerprint density at radius 1 is 1.24 bits per heavy atom. The van der Waals surface area contributed by atoms with Gasteiger partial charge < -0.3 is 5.32 Å². The number of benzene rings is 1. The van der Waals surface area contributed by atoms with E-state index in [0.717, 1.165) is 0 Å². The predicted octanol–water partition coefficient (Wildman–Crippen LogP) is 0.868. The fraction of sp³-hybridized carbons (Fsp3) is 0. The van der Waals surface area contributed by atoms with Gasteiger partial charge in [-0.15, -0.1) is 0 Å². The minimum absolute atomic E-state index is 0.0476. The van der Waals surface area contributed by atoms with E-state index >= 15 is 0 Å². The highest BCUT2D eigenvalue weighted by atomic mass is 32.2. The average Bonchev–Trinajstić information content (AvgIpc) is 2.29. The van der Waals surface area contributed by atoms with Gasteiger partial charge in [-0.05, 0) is 18.2 Å². The van der Waals surface area contributed by atoms with Crippen LogP contribution in [0, 0.1) is 0 Å². The zero-order chi connectivity index (χ0) is 12.3. The van der Waals surface area contributed by atoms with Gasteiger partial charge in [0.05, 0.1) is 11.1 Å². The van der Waals surface area contributed by atoms with Gasteiger partial charge in [-0.25, -0.2) is 18.5 Å². The van der Waals surface area contributed by atoms with E-state index in [0.29, 0.717) is 11.5 Å². The van der Waals surface area contributed by atoms with Crippen LogP contribution in [0.1, 0.15) is 0 Å². The van der Waals surface area contributed by atoms with Crippen LogP contribution in [-0.2, 0) is 10.0 Å². The standard InChI is InChI=1S/C10H10N4O2S/c11-17(15,16)9-3-1-2-8(6-9)14-10-7-12-4-5-13-10/h1-7H,(H,13,14)(H2,11,15,16). The van der Waals surface area contributed by atoms with Gasteiger partial charge in [0.15, 0.2) is 0 Å². The number of hydrogen-bond donors (Lipinski definition) is 2. The van der Waals surface area contributed by atoms with Crippen LogP contribution in [0.4, 0.5) is 11.5 Å². The van der Waals surface area contributed by atoms with Crippen molar-refractivity contribution in [1.82, 2.24) is 9.97 Å². The van der Waals surface area contributed by atoms with Gasteiger partial charge >= 0.3 is 0 Å². The van der Waals surface area contributed by atoms with Gasteiger partial charge in [0.2, 0.25) is 10.0 Å². The smallest absolute Gasteiger partial charge is 0.238 e. The number of nitrogens with one attached hydrogen (secondary N) is 1. The lowest BCUT2D eigenvalue weighted by Gasteiger charge is -2.05. The summed E-state index contributed by atoms with van der Waals surface area (Å²) in [5.41, 5.74) is 0.581. The molecule has 0 atom stereocenters. The summed E-state index contributed by atoms with van der Waals surface area (Å²) in [4.78, 5) is 7.94. The number of rotatable bonds is 3. The third kappa shape index (κ3) is 2.99. The molecule has 6 nitrogen and oxygen atoms in total. The number of aromatic nitrogens is 2. The maximum Gasteiger partial charge on any atom is 0.238 e. The van der Waals surface area contributed by atoms with Crippen LogP contribution in [0.25, 0.3) is 0 Å². The molecule has 0 fully saturated rings. The Morgan fingerprint density at radius 3 is 2.71 bits per heavy atom. The molecule has 0 aliphatic rings. The van der Waals surface area contributed by atoms with Crippen molar-refractivity contribution in [3.05, 3.63) is 42.9 Å². The summed E-state index contributed by atoms with van der Waals surface area (Å²) in [6.07, 6.45) is 4.61. The zero-order valence-electron chi connectivity index (χ0n) is 8.74. The van der Waals surface area contributed by atoms with E-state index in [2.05, 4.69) is 15.3 Å². The monoisotopic (exact) mass is 250 g/mol. The minimum Gasteiger partial charge on any atom is -0.339 e. The first-order chi connectivity index (χ1) is 8.05. The normalized spacial score (nSPS) is 11.1. The van der Waals surface area contributed by atoms with Crippen LogP contribution in [0.2, 0.25) is 0 Å². The number of hydrogen-bond acceptors (Lipinski definition) is 5. The summed E-state index contributed by atoms with van der Waals surface area (Å²) in [6, 6.07) is 6.17. The molecule has 0 spiro atoms. The lowest BCUT2D eigenvalue weighted by molar-refractivity contribution is 0.598. The summed E-state index contributed by atoms with van der Waals surface area (Å²) in [5.74, 6) is 0.527. The van der Waals surface area contributed by atoms with Crippen molar-refractivity contribution >= 4 is 21.5 Å². The van der Waals surface area contributed by atoms with E-state index in [1.807, 2.05) is 0 Å². The second-order valence-corrected chi connectivity index (χ2v) is 4.85. The minimum atomic E-state index is -3.69. The van der Waals surface area contributed by atoms with Crippen molar-refractivity contribution in [2.75, 3.05) is 5.32 Å². The molecule has 0 saturated carbocycles. The molecule has 0 amide bonds. The summed E-state index contributed by atoms with van der Waals surface area (Å²) < 4.78 is 22.3. The molecule has 7 heteroatoms. The Balaban J connectivity index is 2.29. The average molecular weight is 250 g/mol. The van der Waals surface area contributed by atoms with E-state index in [4.69, 9.17) is 5.14 Å². The number of anilines is 2. The van der Waals surface area contributed by atoms with Crippen molar-refractivity contribution in [1.29, 1.82) is 0 Å². The first kappa shape index (κ1) is 11.5. The second-order valence-electron chi connectivity index (χ2n) is 3.29. The topological polar surface area (TPSA) is 98.0 Å². The molecule has 0 unspecified atom stereocenters. The van der Waals surface area contributed by atoms with Crippen molar-refractivity contribution in [2.24, 2.45) is 5.14 Å². The van der Waals surface area contributed by atoms with E-state index in [-0.39, 0.29) is 4.90 Å². The Morgan fingerprint density at radius 2 is 2.06 bits per heavy atom. The third-order valence-electron chi connectivity index (χ3n) is 2.00. The lowest BCUT2D eigenvalue weighted by atomic mass is 10.3. The molecular weight excluding hydrogens is 240 g/mol. The molecule has 3 N–H and O–H groups in total. The molecule has 0 saturated heterocycles. The zero-order valence-corrected chi connectivity index (χ0v) is 9.55. The highest BCUT2D eigenvalue weighted by molar-refractivity contribution is 7.89. The molecule has 88 valence electrons. The lowest BCUT2D eigenvalue weighted by Crippen LogP contribution is -2.12. The molecule has 0 radical (unpaired) electrons. The molecule has 1 heterocycles. The van der Waals surface area contributed by atoms with Crippen LogP contribution < -0.4 is 10.5 Å². The van der Waals surface area contributed by atoms with E-state index in [1.165, 1.54) is 24.5 Å². The summed E-state index contributed by atoms with van der Waals surface area (Å²) in [6.45, 7) is 0. The molecule has 0 aliphatic carbocycles. The van der Waals surface area contributed by atoms with Gasteiger partial charge in [-0.1, -0.05) is 6.07 Å². The van der Waals surface area contributed by atoms with E-state index in [1.54, 1.807) is 18.3 Å². The van der Waals surface area contributed by atoms with Crippen molar-refractivity contribution in [3.8, 4) is 0 Å². The largest absolute Gasteiger partial charge is 0.339 e. The third-order valence-corrected chi connectivity index (χ3v) is 2.91. The quantitative estimate of drug-likeness (QED) is 0.842. The fourth-order valence-electron chi connectivity index (χ4n) is 1.26. The molecule has 2 aromatic rings. The van der Waals surface area contributed by atoms with Gasteiger partial charge in [-0.3, -0.25) is 4.98 Å². The Hall–Kier alpha value is -1.99. The highest BCUT2D eigenvalue weighted by Gasteiger charge is 2.07. The maximum atomic E-state index is 11.2. The van der Waals surface area contributed by atoms with E-state index < -0.39 is 10.0 Å². The SMILES string of the molecule is NS(=O)(=O)c1cccc(Nc2cnccn2)c1. The van der Waals surface area contributed by atoms with Crippen LogP contribution in [0.15, 0.2) is 47.8 Å². The van der Waals surface area contributed by atoms with Crippen LogP contribution >= 0.6 is 0 Å². The van der Waals surface area contributed by atoms with Gasteiger partial charge in [0.25, 0.3) is 0 Å². The van der Waals surface area contributed by atoms with Crippen LogP contribution in [-0.4, -0.2) is 18.4 Å². The van der Waals surface area contributed by atoms with Crippen LogP contribution in [0.3, 0.4) is 0 Å². The number of nitrogens with two attached hydrogens (primary N) is 1. The molecule has 0 aliphatic heterocycles. The van der Waals surface area contributed by atoms with E-state index in [9.17, 15) is 8.42 Å². The molecule has 2 rings (SSSR count). The number of nitrogens with zero attached hydrogens (tertiary/aromatic N) is 2. The summed E-state index contributed by atoms with van der Waals surface area (Å²) >= 11 is 0. The van der Waals surface area contributed by atoms with Crippen molar-refractivity contribution in [2.45, 2.75) is 4.90 Å². The first-order valence-corrected chi connectivity index (χ1v) is 6.26. The summed E-state index contributed by atoms with van der Waals surface area (Å²) in [7, 11) is -3.69. The Bertz CT molecular complexity index is 613.